The van der Waals surface area contributed by atoms with Crippen LogP contribution in [0.5, 0.6) is 0 Å². The molecule has 0 spiro atoms. The second kappa shape index (κ2) is 3.93. The van der Waals surface area contributed by atoms with E-state index in [4.69, 9.17) is 5.26 Å². The third-order valence-corrected chi connectivity index (χ3v) is 3.00. The smallest absolute Gasteiger partial charge is 0.263 e. The molecule has 0 bridgehead atoms. The summed E-state index contributed by atoms with van der Waals surface area (Å²) in [4.78, 5) is 36.5. The van der Waals surface area contributed by atoms with E-state index in [-0.39, 0.29) is 12.6 Å². The van der Waals surface area contributed by atoms with Gasteiger partial charge in [0.1, 0.15) is 6.54 Å². The number of hydrogen-bond donors (Lipinski definition) is 0. The van der Waals surface area contributed by atoms with Crippen molar-refractivity contribution in [3.8, 4) is 6.07 Å². The third kappa shape index (κ3) is 1.45. The molecule has 2 fully saturated rings. The fraction of sp³-hybridized carbons (Fsp3) is 0.600. The Labute approximate surface area is 92.4 Å². The van der Waals surface area contributed by atoms with Gasteiger partial charge in [0, 0.05) is 6.04 Å². The fourth-order valence-corrected chi connectivity index (χ4v) is 2.22. The molecule has 1 aliphatic heterocycles. The van der Waals surface area contributed by atoms with Crippen molar-refractivity contribution in [1.82, 2.24) is 9.80 Å². The van der Waals surface area contributed by atoms with Crippen LogP contribution in [-0.2, 0) is 9.59 Å². The quantitative estimate of drug-likeness (QED) is 0.380. The molecule has 0 aromatic heterocycles. The van der Waals surface area contributed by atoms with Gasteiger partial charge in [-0.05, 0) is 12.8 Å². The summed E-state index contributed by atoms with van der Waals surface area (Å²) in [5, 5.41) is 8.47. The van der Waals surface area contributed by atoms with Crippen LogP contribution >= 0.6 is 0 Å². The van der Waals surface area contributed by atoms with Crippen molar-refractivity contribution in [3.05, 3.63) is 0 Å². The number of amides is 4. The van der Waals surface area contributed by atoms with E-state index in [1.807, 2.05) is 0 Å². The summed E-state index contributed by atoms with van der Waals surface area (Å²) < 4.78 is 0. The Morgan fingerprint density at radius 2 is 1.81 bits per heavy atom. The molecule has 2 rings (SSSR count). The number of rotatable bonds is 2. The van der Waals surface area contributed by atoms with Gasteiger partial charge in [0.2, 0.25) is 0 Å². The van der Waals surface area contributed by atoms with E-state index in [0.29, 0.717) is 4.90 Å². The molecule has 0 N–H and O–H groups in total. The molecule has 6 heteroatoms. The standard InChI is InChI=1S/C10H11N3O3/c11-5-6-12-8(14)9(15)13(10(12)16)7-3-1-2-4-7/h7H,1-4,6H2. The van der Waals surface area contributed by atoms with Gasteiger partial charge >= 0.3 is 17.8 Å². The van der Waals surface area contributed by atoms with Crippen LogP contribution in [0.1, 0.15) is 25.7 Å². The van der Waals surface area contributed by atoms with E-state index in [2.05, 4.69) is 0 Å². The molecule has 0 aromatic rings. The lowest BCUT2D eigenvalue weighted by Crippen LogP contribution is -2.39. The van der Waals surface area contributed by atoms with Crippen LogP contribution in [0.15, 0.2) is 0 Å². The Balaban J connectivity index is 2.21. The molecular weight excluding hydrogens is 210 g/mol. The van der Waals surface area contributed by atoms with Crippen LogP contribution in [0.4, 0.5) is 4.79 Å². The molecule has 1 saturated carbocycles. The number of hydrogen-bond acceptors (Lipinski definition) is 4. The summed E-state index contributed by atoms with van der Waals surface area (Å²) in [6.45, 7) is -0.355. The first kappa shape index (κ1) is 10.6. The van der Waals surface area contributed by atoms with Crippen LogP contribution in [0, 0.1) is 11.3 Å². The topological polar surface area (TPSA) is 81.5 Å². The van der Waals surface area contributed by atoms with Gasteiger partial charge < -0.3 is 0 Å². The summed E-state index contributed by atoms with van der Waals surface area (Å²) in [5.74, 6) is -1.66. The van der Waals surface area contributed by atoms with E-state index < -0.39 is 17.8 Å². The van der Waals surface area contributed by atoms with E-state index in [1.165, 1.54) is 0 Å². The summed E-state index contributed by atoms with van der Waals surface area (Å²) in [6.07, 6.45) is 3.44. The van der Waals surface area contributed by atoms with Crippen molar-refractivity contribution in [2.75, 3.05) is 6.54 Å². The van der Waals surface area contributed by atoms with Gasteiger partial charge in [0.15, 0.2) is 0 Å². The molecule has 1 aliphatic carbocycles. The maximum absolute atomic E-state index is 11.8. The van der Waals surface area contributed by atoms with Crippen LogP contribution in [-0.4, -0.2) is 40.2 Å². The molecule has 16 heavy (non-hydrogen) atoms. The highest BCUT2D eigenvalue weighted by atomic mass is 16.2. The number of nitrogens with zero attached hydrogens (tertiary/aromatic N) is 3. The van der Waals surface area contributed by atoms with Gasteiger partial charge in [-0.3, -0.25) is 14.5 Å². The highest BCUT2D eigenvalue weighted by Gasteiger charge is 2.47. The minimum atomic E-state index is -0.876. The van der Waals surface area contributed by atoms with Gasteiger partial charge in [-0.1, -0.05) is 12.8 Å². The summed E-state index contributed by atoms with van der Waals surface area (Å²) in [7, 11) is 0. The largest absolute Gasteiger partial charge is 0.335 e. The Kier molecular flexibility index (Phi) is 2.60. The van der Waals surface area contributed by atoms with Crippen LogP contribution in [0.2, 0.25) is 0 Å². The molecule has 2 aliphatic rings. The highest BCUT2D eigenvalue weighted by molar-refractivity contribution is 6.44. The highest BCUT2D eigenvalue weighted by Crippen LogP contribution is 2.27. The van der Waals surface area contributed by atoms with E-state index in [1.54, 1.807) is 6.07 Å². The second-order valence-electron chi connectivity index (χ2n) is 3.95. The fourth-order valence-electron chi connectivity index (χ4n) is 2.22. The average Bonchev–Trinajstić information content (AvgIpc) is 2.83. The first-order valence-electron chi connectivity index (χ1n) is 5.22. The van der Waals surface area contributed by atoms with Crippen LogP contribution in [0.25, 0.3) is 0 Å². The molecule has 4 amide bonds. The molecule has 1 heterocycles. The Hall–Kier alpha value is -1.90. The van der Waals surface area contributed by atoms with Crippen molar-refractivity contribution in [1.29, 1.82) is 5.26 Å². The van der Waals surface area contributed by atoms with Gasteiger partial charge in [-0.15, -0.1) is 0 Å². The normalized spacial score (nSPS) is 22.1. The van der Waals surface area contributed by atoms with Crippen molar-refractivity contribution < 1.29 is 14.4 Å². The molecule has 84 valence electrons. The predicted molar refractivity (Wildman–Crippen MR) is 51.8 cm³/mol. The molecule has 0 radical (unpaired) electrons. The zero-order valence-electron chi connectivity index (χ0n) is 8.68. The number of imide groups is 2. The zero-order chi connectivity index (χ0) is 11.7. The number of nitriles is 1. The average molecular weight is 221 g/mol. The lowest BCUT2D eigenvalue weighted by atomic mass is 10.2. The van der Waals surface area contributed by atoms with E-state index in [0.717, 1.165) is 30.6 Å². The van der Waals surface area contributed by atoms with Crippen molar-refractivity contribution >= 4 is 17.8 Å². The molecule has 6 nitrogen and oxygen atoms in total. The monoisotopic (exact) mass is 221 g/mol. The summed E-state index contributed by atoms with van der Waals surface area (Å²) >= 11 is 0. The van der Waals surface area contributed by atoms with Gasteiger partial charge in [0.05, 0.1) is 6.07 Å². The van der Waals surface area contributed by atoms with Crippen LogP contribution < -0.4 is 0 Å². The van der Waals surface area contributed by atoms with Crippen molar-refractivity contribution in [2.45, 2.75) is 31.7 Å². The minimum Gasteiger partial charge on any atom is -0.263 e. The third-order valence-electron chi connectivity index (χ3n) is 3.00. The molecule has 0 aromatic carbocycles. The maximum atomic E-state index is 11.8. The van der Waals surface area contributed by atoms with E-state index >= 15 is 0 Å². The number of carbonyl (C=O) groups excluding carboxylic acids is 3. The lowest BCUT2D eigenvalue weighted by molar-refractivity contribution is -0.143. The van der Waals surface area contributed by atoms with Crippen molar-refractivity contribution in [2.24, 2.45) is 0 Å². The van der Waals surface area contributed by atoms with E-state index in [9.17, 15) is 14.4 Å². The molecule has 0 atom stereocenters. The number of urea groups is 1. The van der Waals surface area contributed by atoms with Gasteiger partial charge in [0.25, 0.3) is 0 Å². The first-order chi connectivity index (χ1) is 7.66. The summed E-state index contributed by atoms with van der Waals surface area (Å²) in [6, 6.07) is 0.912. The second-order valence-corrected chi connectivity index (χ2v) is 3.95. The first-order valence-corrected chi connectivity index (χ1v) is 5.22. The molecule has 0 unspecified atom stereocenters. The Morgan fingerprint density at radius 3 is 2.38 bits per heavy atom. The lowest BCUT2D eigenvalue weighted by Gasteiger charge is -2.20. The maximum Gasteiger partial charge on any atom is 0.335 e. The van der Waals surface area contributed by atoms with Gasteiger partial charge in [-0.2, -0.15) is 5.26 Å². The molecular formula is C10H11N3O3. The number of carbonyl (C=O) groups is 3. The Morgan fingerprint density at radius 1 is 1.19 bits per heavy atom. The van der Waals surface area contributed by atoms with Crippen LogP contribution in [0.3, 0.4) is 0 Å². The zero-order valence-corrected chi connectivity index (χ0v) is 8.68. The summed E-state index contributed by atoms with van der Waals surface area (Å²) in [5.41, 5.74) is 0. The molecule has 1 saturated heterocycles. The minimum absolute atomic E-state index is 0.160. The van der Waals surface area contributed by atoms with Gasteiger partial charge in [-0.25, -0.2) is 9.69 Å². The Bertz CT molecular complexity index is 393. The predicted octanol–water partition coefficient (Wildman–Crippen LogP) is 0.243. The van der Waals surface area contributed by atoms with Crippen molar-refractivity contribution in [3.63, 3.8) is 0 Å². The SMILES string of the molecule is N#CCN1C(=O)C(=O)N(C2CCCC2)C1=O.